The average molecular weight is 441 g/mol. The molecule has 0 aliphatic carbocycles. The number of rotatable bonds is 12. The SMILES string of the molecule is CC[C@H](C(=O)N[C@@H](C)CC)N(Cc1ccccc1)C(=O)CCc1ccc(OC)c(OC)c1. The molecule has 0 saturated carbocycles. The van der Waals surface area contributed by atoms with E-state index in [2.05, 4.69) is 5.32 Å². The lowest BCUT2D eigenvalue weighted by atomic mass is 10.1. The van der Waals surface area contributed by atoms with Crippen molar-refractivity contribution in [2.24, 2.45) is 0 Å². The monoisotopic (exact) mass is 440 g/mol. The molecule has 2 amide bonds. The quantitative estimate of drug-likeness (QED) is 0.533. The van der Waals surface area contributed by atoms with Crippen molar-refractivity contribution in [1.29, 1.82) is 0 Å². The third-order valence-corrected chi connectivity index (χ3v) is 5.66. The molecule has 0 fully saturated rings. The summed E-state index contributed by atoms with van der Waals surface area (Å²) in [7, 11) is 3.19. The number of amides is 2. The highest BCUT2D eigenvalue weighted by molar-refractivity contribution is 5.88. The highest BCUT2D eigenvalue weighted by Crippen LogP contribution is 2.28. The van der Waals surface area contributed by atoms with Crippen molar-refractivity contribution in [2.45, 2.75) is 65.1 Å². The number of hydrogen-bond acceptors (Lipinski definition) is 4. The maximum atomic E-state index is 13.3. The van der Waals surface area contributed by atoms with Gasteiger partial charge in [0.05, 0.1) is 14.2 Å². The Bertz CT molecular complexity index is 869. The molecule has 0 spiro atoms. The Morgan fingerprint density at radius 3 is 2.22 bits per heavy atom. The first-order valence-electron chi connectivity index (χ1n) is 11.3. The van der Waals surface area contributed by atoms with Gasteiger partial charge in [0.1, 0.15) is 6.04 Å². The van der Waals surface area contributed by atoms with Crippen LogP contribution in [0.5, 0.6) is 11.5 Å². The number of aryl methyl sites for hydroxylation is 1. The van der Waals surface area contributed by atoms with E-state index >= 15 is 0 Å². The zero-order chi connectivity index (χ0) is 23.5. The van der Waals surface area contributed by atoms with E-state index in [9.17, 15) is 9.59 Å². The van der Waals surface area contributed by atoms with Gasteiger partial charge in [-0.3, -0.25) is 9.59 Å². The fraction of sp³-hybridized carbons (Fsp3) is 0.462. The molecule has 2 aromatic rings. The summed E-state index contributed by atoms with van der Waals surface area (Å²) in [6, 6.07) is 15.0. The van der Waals surface area contributed by atoms with E-state index in [0.717, 1.165) is 17.5 Å². The average Bonchev–Trinajstić information content (AvgIpc) is 2.82. The molecule has 1 N–H and O–H groups in total. The van der Waals surface area contributed by atoms with E-state index < -0.39 is 6.04 Å². The van der Waals surface area contributed by atoms with E-state index in [0.29, 0.717) is 37.3 Å². The summed E-state index contributed by atoms with van der Waals surface area (Å²) in [4.78, 5) is 28.0. The summed E-state index contributed by atoms with van der Waals surface area (Å²) in [5.74, 6) is 1.14. The topological polar surface area (TPSA) is 67.9 Å². The summed E-state index contributed by atoms with van der Waals surface area (Å²) in [6.07, 6.45) is 2.24. The van der Waals surface area contributed by atoms with E-state index in [-0.39, 0.29) is 17.9 Å². The minimum atomic E-state index is -0.512. The number of methoxy groups -OCH3 is 2. The lowest BCUT2D eigenvalue weighted by Gasteiger charge is -2.31. The predicted octanol–water partition coefficient (Wildman–Crippen LogP) is 4.36. The molecule has 2 atom stereocenters. The Hall–Kier alpha value is -3.02. The maximum Gasteiger partial charge on any atom is 0.243 e. The van der Waals surface area contributed by atoms with Crippen LogP contribution in [0, 0.1) is 0 Å². The van der Waals surface area contributed by atoms with Gasteiger partial charge in [-0.1, -0.05) is 50.2 Å². The lowest BCUT2D eigenvalue weighted by Crippen LogP contribution is -2.50. The number of carbonyl (C=O) groups is 2. The first-order valence-corrected chi connectivity index (χ1v) is 11.3. The number of nitrogens with one attached hydrogen (secondary N) is 1. The van der Waals surface area contributed by atoms with Crippen LogP contribution in [0.3, 0.4) is 0 Å². The third-order valence-electron chi connectivity index (χ3n) is 5.66. The molecular formula is C26H36N2O4. The van der Waals surface area contributed by atoms with Gasteiger partial charge in [-0.15, -0.1) is 0 Å². The van der Waals surface area contributed by atoms with Crippen LogP contribution in [0.4, 0.5) is 0 Å². The van der Waals surface area contributed by atoms with Crippen molar-refractivity contribution in [3.05, 3.63) is 59.7 Å². The molecule has 0 aliphatic heterocycles. The second-order valence-corrected chi connectivity index (χ2v) is 7.94. The number of hydrogen-bond donors (Lipinski definition) is 1. The van der Waals surface area contributed by atoms with Crippen LogP contribution in [0.25, 0.3) is 0 Å². The van der Waals surface area contributed by atoms with Crippen molar-refractivity contribution >= 4 is 11.8 Å². The van der Waals surface area contributed by atoms with Crippen LogP contribution in [0.15, 0.2) is 48.5 Å². The number of ether oxygens (including phenoxy) is 2. The molecule has 0 heterocycles. The van der Waals surface area contributed by atoms with Gasteiger partial charge >= 0.3 is 0 Å². The molecule has 0 saturated heterocycles. The Balaban J connectivity index is 2.20. The van der Waals surface area contributed by atoms with Gasteiger partial charge in [-0.25, -0.2) is 0 Å². The summed E-state index contributed by atoms with van der Waals surface area (Å²) in [6.45, 7) is 6.35. The van der Waals surface area contributed by atoms with Gasteiger partial charge in [0.15, 0.2) is 11.5 Å². The van der Waals surface area contributed by atoms with Gasteiger partial charge in [-0.05, 0) is 49.4 Å². The Morgan fingerprint density at radius 1 is 0.938 bits per heavy atom. The molecule has 0 unspecified atom stereocenters. The van der Waals surface area contributed by atoms with Crippen LogP contribution in [0.2, 0.25) is 0 Å². The minimum Gasteiger partial charge on any atom is -0.493 e. The molecule has 6 nitrogen and oxygen atoms in total. The first-order chi connectivity index (χ1) is 15.4. The van der Waals surface area contributed by atoms with Crippen molar-refractivity contribution in [2.75, 3.05) is 14.2 Å². The first kappa shape index (κ1) is 25.2. The maximum absolute atomic E-state index is 13.3. The standard InChI is InChI=1S/C26H36N2O4/c1-6-19(3)27-26(30)22(7-2)28(18-21-11-9-8-10-12-21)25(29)16-14-20-13-15-23(31-4)24(17-20)32-5/h8-13,15,17,19,22H,6-7,14,16,18H2,1-5H3,(H,27,30)/t19-,22+/m0/s1. The zero-order valence-electron chi connectivity index (χ0n) is 19.9. The van der Waals surface area contributed by atoms with E-state index in [1.54, 1.807) is 19.1 Å². The fourth-order valence-electron chi connectivity index (χ4n) is 3.57. The number of carbonyl (C=O) groups excluding carboxylic acids is 2. The lowest BCUT2D eigenvalue weighted by molar-refractivity contribution is -0.141. The van der Waals surface area contributed by atoms with Crippen molar-refractivity contribution in [3.63, 3.8) is 0 Å². The van der Waals surface area contributed by atoms with Crippen LogP contribution >= 0.6 is 0 Å². The molecule has 0 radical (unpaired) electrons. The van der Waals surface area contributed by atoms with Crippen LogP contribution < -0.4 is 14.8 Å². The zero-order valence-corrected chi connectivity index (χ0v) is 19.9. The summed E-state index contributed by atoms with van der Waals surface area (Å²) in [5.41, 5.74) is 1.98. The largest absolute Gasteiger partial charge is 0.493 e. The molecular weight excluding hydrogens is 404 g/mol. The fourth-order valence-corrected chi connectivity index (χ4v) is 3.57. The van der Waals surface area contributed by atoms with Crippen molar-refractivity contribution < 1.29 is 19.1 Å². The summed E-state index contributed by atoms with van der Waals surface area (Å²) in [5, 5.41) is 3.04. The molecule has 6 heteroatoms. The van der Waals surface area contributed by atoms with Crippen LogP contribution in [0.1, 0.15) is 51.2 Å². The Morgan fingerprint density at radius 2 is 1.62 bits per heavy atom. The second kappa shape index (κ2) is 12.7. The Kier molecular flexibility index (Phi) is 10.1. The number of benzene rings is 2. The van der Waals surface area contributed by atoms with Gasteiger partial charge < -0.3 is 19.7 Å². The van der Waals surface area contributed by atoms with Crippen LogP contribution in [-0.4, -0.2) is 43.0 Å². The Labute approximate surface area is 191 Å². The molecule has 0 aromatic heterocycles. The third kappa shape index (κ3) is 7.01. The molecule has 2 rings (SSSR count). The molecule has 174 valence electrons. The molecule has 32 heavy (non-hydrogen) atoms. The van der Waals surface area contributed by atoms with E-state index in [1.165, 1.54) is 0 Å². The number of nitrogens with zero attached hydrogens (tertiary/aromatic N) is 1. The predicted molar refractivity (Wildman–Crippen MR) is 127 cm³/mol. The highest BCUT2D eigenvalue weighted by Gasteiger charge is 2.29. The normalized spacial score (nSPS) is 12.5. The highest BCUT2D eigenvalue weighted by atomic mass is 16.5. The van der Waals surface area contributed by atoms with E-state index in [1.807, 2.05) is 69.3 Å². The summed E-state index contributed by atoms with van der Waals surface area (Å²) < 4.78 is 10.7. The van der Waals surface area contributed by atoms with Gasteiger partial charge in [0.2, 0.25) is 11.8 Å². The summed E-state index contributed by atoms with van der Waals surface area (Å²) >= 11 is 0. The molecule has 0 aliphatic rings. The van der Waals surface area contributed by atoms with Crippen molar-refractivity contribution in [3.8, 4) is 11.5 Å². The molecule has 2 aromatic carbocycles. The van der Waals surface area contributed by atoms with Gasteiger partial charge in [-0.2, -0.15) is 0 Å². The van der Waals surface area contributed by atoms with E-state index in [4.69, 9.17) is 9.47 Å². The van der Waals surface area contributed by atoms with Gasteiger partial charge in [0.25, 0.3) is 0 Å². The van der Waals surface area contributed by atoms with Crippen LogP contribution in [-0.2, 0) is 22.6 Å². The second-order valence-electron chi connectivity index (χ2n) is 7.94. The smallest absolute Gasteiger partial charge is 0.243 e. The minimum absolute atomic E-state index is 0.0465. The van der Waals surface area contributed by atoms with Crippen molar-refractivity contribution in [1.82, 2.24) is 10.2 Å². The molecule has 0 bridgehead atoms. The van der Waals surface area contributed by atoms with Gasteiger partial charge in [0, 0.05) is 19.0 Å².